The molecule has 0 radical (unpaired) electrons. The second-order valence-electron chi connectivity index (χ2n) is 6.16. The number of phenols is 1. The number of aromatic nitrogens is 1. The van der Waals surface area contributed by atoms with Crippen molar-refractivity contribution in [2.45, 2.75) is 0 Å². The Bertz CT molecular complexity index is 1240. The second-order valence-corrected chi connectivity index (χ2v) is 8.71. The van der Waals surface area contributed by atoms with E-state index in [2.05, 4.69) is 10.1 Å². The van der Waals surface area contributed by atoms with Gasteiger partial charge in [0.1, 0.15) is 5.75 Å². The van der Waals surface area contributed by atoms with Crippen LogP contribution >= 0.6 is 34.3 Å². The van der Waals surface area contributed by atoms with E-state index in [9.17, 15) is 5.11 Å². The molecule has 2 aromatic heterocycles. The van der Waals surface area contributed by atoms with Gasteiger partial charge in [0.05, 0.1) is 34.3 Å². The minimum Gasteiger partial charge on any atom is -0.507 e. The molecule has 0 aliphatic carbocycles. The largest absolute Gasteiger partial charge is 0.507 e. The molecule has 0 amide bonds. The molecule has 0 bridgehead atoms. The van der Waals surface area contributed by atoms with Crippen LogP contribution < -0.4 is 4.80 Å². The smallest absolute Gasteiger partial charge is 0.206 e. The molecule has 0 aliphatic heterocycles. The maximum atomic E-state index is 10.4. The molecule has 0 spiro atoms. The molecule has 0 saturated heterocycles. The van der Waals surface area contributed by atoms with Gasteiger partial charge in [0, 0.05) is 18.1 Å². The molecular formula is C21H18ClN3O2S2. The standard InChI is InChI=1S/C21H18ClN3O2S2/c1-27-11-10-23-21-25(17(13-28-21)19-8-9-20(22)29-19)24-12-16-15-5-3-2-4-14(15)6-7-18(16)26/h2-9,12-13,26H,10-11H2,1H3/b23-21?,24-12+. The Morgan fingerprint density at radius 2 is 2.03 bits per heavy atom. The van der Waals surface area contributed by atoms with E-state index in [1.807, 2.05) is 47.8 Å². The first-order valence-electron chi connectivity index (χ1n) is 8.88. The number of phenolic OH excluding ortho intramolecular Hbond substituents is 1. The third-order valence-corrected chi connectivity index (χ3v) is 6.41. The van der Waals surface area contributed by atoms with Crippen LogP contribution in [0.5, 0.6) is 5.75 Å². The van der Waals surface area contributed by atoms with Crippen LogP contribution in [0.3, 0.4) is 0 Å². The van der Waals surface area contributed by atoms with Crippen LogP contribution in [0.2, 0.25) is 4.34 Å². The zero-order valence-electron chi connectivity index (χ0n) is 15.6. The van der Waals surface area contributed by atoms with Crippen molar-refractivity contribution in [3.63, 3.8) is 0 Å². The van der Waals surface area contributed by atoms with Crippen LogP contribution in [-0.2, 0) is 4.74 Å². The van der Waals surface area contributed by atoms with E-state index in [-0.39, 0.29) is 5.75 Å². The number of fused-ring (bicyclic) bond motifs is 1. The van der Waals surface area contributed by atoms with Gasteiger partial charge < -0.3 is 9.84 Å². The maximum Gasteiger partial charge on any atom is 0.206 e. The third-order valence-electron chi connectivity index (χ3n) is 4.30. The van der Waals surface area contributed by atoms with E-state index >= 15 is 0 Å². The molecule has 29 heavy (non-hydrogen) atoms. The van der Waals surface area contributed by atoms with Crippen LogP contribution in [-0.4, -0.2) is 36.3 Å². The lowest BCUT2D eigenvalue weighted by molar-refractivity contribution is 0.207. The minimum atomic E-state index is 0.182. The Labute approximate surface area is 180 Å². The van der Waals surface area contributed by atoms with Gasteiger partial charge in [-0.2, -0.15) is 5.10 Å². The predicted molar refractivity (Wildman–Crippen MR) is 122 cm³/mol. The van der Waals surface area contributed by atoms with Crippen LogP contribution in [0.15, 0.2) is 64.0 Å². The normalized spacial score (nSPS) is 12.4. The molecule has 0 aliphatic rings. The highest BCUT2D eigenvalue weighted by molar-refractivity contribution is 7.19. The average molecular weight is 444 g/mol. The summed E-state index contributed by atoms with van der Waals surface area (Å²) in [6.45, 7) is 1.07. The molecule has 0 saturated carbocycles. The Balaban J connectivity index is 1.83. The highest BCUT2D eigenvalue weighted by Gasteiger charge is 2.11. The van der Waals surface area contributed by atoms with Gasteiger partial charge in [0.15, 0.2) is 0 Å². The zero-order valence-corrected chi connectivity index (χ0v) is 18.0. The van der Waals surface area contributed by atoms with E-state index in [1.54, 1.807) is 24.1 Å². The second kappa shape index (κ2) is 8.92. The third kappa shape index (κ3) is 4.28. The van der Waals surface area contributed by atoms with Crippen molar-refractivity contribution in [3.05, 3.63) is 68.6 Å². The summed E-state index contributed by atoms with van der Waals surface area (Å²) in [5, 5.41) is 19.1. The lowest BCUT2D eigenvalue weighted by atomic mass is 10.0. The topological polar surface area (TPSA) is 59.1 Å². The summed E-state index contributed by atoms with van der Waals surface area (Å²) in [5.41, 5.74) is 1.57. The predicted octanol–water partition coefficient (Wildman–Crippen LogP) is 5.22. The molecule has 2 heterocycles. The van der Waals surface area contributed by atoms with Crippen molar-refractivity contribution < 1.29 is 9.84 Å². The van der Waals surface area contributed by atoms with E-state index in [0.29, 0.717) is 23.1 Å². The fourth-order valence-corrected chi connectivity index (χ4v) is 4.88. The Kier molecular flexibility index (Phi) is 6.10. The SMILES string of the molecule is COCCN=c1scc(-c2ccc(Cl)s2)n1/N=C/c1c(O)ccc2ccccc12. The number of thiazole rings is 1. The van der Waals surface area contributed by atoms with Crippen molar-refractivity contribution in [2.24, 2.45) is 10.1 Å². The number of halogens is 1. The monoisotopic (exact) mass is 443 g/mol. The molecular weight excluding hydrogens is 426 g/mol. The number of nitrogens with zero attached hydrogens (tertiary/aromatic N) is 3. The molecule has 1 N–H and O–H groups in total. The van der Waals surface area contributed by atoms with Gasteiger partial charge >= 0.3 is 0 Å². The molecule has 0 atom stereocenters. The van der Waals surface area contributed by atoms with E-state index in [1.165, 1.54) is 22.7 Å². The fourth-order valence-electron chi connectivity index (χ4n) is 2.91. The molecule has 4 rings (SSSR count). The number of hydrogen-bond acceptors (Lipinski definition) is 6. The number of benzene rings is 2. The van der Waals surface area contributed by atoms with Gasteiger partial charge in [-0.05, 0) is 29.0 Å². The van der Waals surface area contributed by atoms with Gasteiger partial charge in [0.25, 0.3) is 0 Å². The van der Waals surface area contributed by atoms with Crippen molar-refractivity contribution in [3.8, 4) is 16.3 Å². The number of thiophene rings is 1. The van der Waals surface area contributed by atoms with Gasteiger partial charge in [-0.25, -0.2) is 4.68 Å². The first-order valence-corrected chi connectivity index (χ1v) is 11.0. The molecule has 148 valence electrons. The molecule has 0 fully saturated rings. The van der Waals surface area contributed by atoms with Crippen LogP contribution in [0.1, 0.15) is 5.56 Å². The highest BCUT2D eigenvalue weighted by atomic mass is 35.5. The molecule has 0 unspecified atom stereocenters. The van der Waals surface area contributed by atoms with Gasteiger partial charge in [0.2, 0.25) is 4.80 Å². The molecule has 5 nitrogen and oxygen atoms in total. The van der Waals surface area contributed by atoms with Crippen molar-refractivity contribution in [1.82, 2.24) is 4.68 Å². The molecule has 4 aromatic rings. The fraction of sp³-hybridized carbons (Fsp3) is 0.143. The quantitative estimate of drug-likeness (QED) is 0.328. The lowest BCUT2D eigenvalue weighted by Gasteiger charge is -2.05. The van der Waals surface area contributed by atoms with Crippen LogP contribution in [0.4, 0.5) is 0 Å². The highest BCUT2D eigenvalue weighted by Crippen LogP contribution is 2.31. The number of hydrogen-bond donors (Lipinski definition) is 1. The number of aromatic hydroxyl groups is 1. The summed E-state index contributed by atoms with van der Waals surface area (Å²) in [6.07, 6.45) is 1.68. The lowest BCUT2D eigenvalue weighted by Crippen LogP contribution is -2.13. The number of methoxy groups -OCH3 is 1. The van der Waals surface area contributed by atoms with Gasteiger partial charge in [-0.3, -0.25) is 4.99 Å². The van der Waals surface area contributed by atoms with Crippen molar-refractivity contribution >= 4 is 51.3 Å². The summed E-state index contributed by atoms with van der Waals surface area (Å²) in [6, 6.07) is 15.3. The average Bonchev–Trinajstić information content (AvgIpc) is 3.33. The van der Waals surface area contributed by atoms with Crippen molar-refractivity contribution in [2.75, 3.05) is 20.3 Å². The van der Waals surface area contributed by atoms with Crippen LogP contribution in [0.25, 0.3) is 21.3 Å². The summed E-state index contributed by atoms with van der Waals surface area (Å²) < 4.78 is 7.60. The van der Waals surface area contributed by atoms with Crippen LogP contribution in [0, 0.1) is 0 Å². The number of rotatable bonds is 6. The zero-order chi connectivity index (χ0) is 20.2. The first kappa shape index (κ1) is 19.8. The number of ether oxygens (including phenoxy) is 1. The Hall–Kier alpha value is -2.45. The Morgan fingerprint density at radius 3 is 2.83 bits per heavy atom. The van der Waals surface area contributed by atoms with Gasteiger partial charge in [-0.1, -0.05) is 41.9 Å². The summed E-state index contributed by atoms with van der Waals surface area (Å²) in [7, 11) is 1.65. The summed E-state index contributed by atoms with van der Waals surface area (Å²) >= 11 is 9.12. The van der Waals surface area contributed by atoms with Crippen molar-refractivity contribution in [1.29, 1.82) is 0 Å². The molecule has 8 heteroatoms. The summed E-state index contributed by atoms with van der Waals surface area (Å²) in [5.74, 6) is 0.182. The minimum absolute atomic E-state index is 0.182. The van der Waals surface area contributed by atoms with Gasteiger partial charge in [-0.15, -0.1) is 22.7 Å². The first-order chi connectivity index (χ1) is 14.2. The van der Waals surface area contributed by atoms with E-state index in [0.717, 1.165) is 26.1 Å². The van der Waals surface area contributed by atoms with E-state index in [4.69, 9.17) is 16.3 Å². The maximum absolute atomic E-state index is 10.4. The van der Waals surface area contributed by atoms with E-state index < -0.39 is 0 Å². The Morgan fingerprint density at radius 1 is 1.17 bits per heavy atom. The molecule has 2 aromatic carbocycles. The summed E-state index contributed by atoms with van der Waals surface area (Å²) in [4.78, 5) is 6.34.